The van der Waals surface area contributed by atoms with Gasteiger partial charge in [-0.15, -0.1) is 0 Å². The number of halogens is 3. The number of esters is 1. The highest BCUT2D eigenvalue weighted by atomic mass is 19.4. The number of carbonyl (C=O) groups is 2. The molecule has 1 aromatic carbocycles. The van der Waals surface area contributed by atoms with Gasteiger partial charge in [-0.3, -0.25) is 14.6 Å². The van der Waals surface area contributed by atoms with Crippen molar-refractivity contribution in [2.75, 3.05) is 7.11 Å². The fraction of sp³-hybridized carbons (Fsp3) is 0.536. The van der Waals surface area contributed by atoms with Gasteiger partial charge < -0.3 is 10.1 Å². The molecule has 1 amide bonds. The first-order chi connectivity index (χ1) is 16.9. The number of methoxy groups -OCH3 is 1. The van der Waals surface area contributed by atoms with Crippen LogP contribution in [0.5, 0.6) is 0 Å². The molecule has 5 nitrogen and oxygen atoms in total. The molecule has 4 saturated carbocycles. The molecule has 1 heterocycles. The van der Waals surface area contributed by atoms with Crippen LogP contribution in [-0.2, 0) is 25.9 Å². The number of benzene rings is 1. The molecule has 0 aliphatic heterocycles. The van der Waals surface area contributed by atoms with E-state index in [0.29, 0.717) is 17.2 Å². The number of ether oxygens (including phenoxy) is 1. The topological polar surface area (TPSA) is 68.3 Å². The Morgan fingerprint density at radius 2 is 1.58 bits per heavy atom. The van der Waals surface area contributed by atoms with E-state index in [-0.39, 0.29) is 35.2 Å². The molecule has 4 bridgehead atoms. The van der Waals surface area contributed by atoms with E-state index in [9.17, 15) is 22.8 Å². The molecule has 8 heteroatoms. The van der Waals surface area contributed by atoms with Crippen LogP contribution in [-0.4, -0.2) is 30.0 Å². The van der Waals surface area contributed by atoms with E-state index in [0.717, 1.165) is 49.9 Å². The van der Waals surface area contributed by atoms with Gasteiger partial charge in [0, 0.05) is 17.8 Å². The Hall–Kier alpha value is -2.90. The number of alkyl halides is 3. The summed E-state index contributed by atoms with van der Waals surface area (Å²) in [6.45, 7) is 3.75. The van der Waals surface area contributed by atoms with Crippen molar-refractivity contribution in [2.24, 2.45) is 23.2 Å². The molecule has 36 heavy (non-hydrogen) atoms. The lowest BCUT2D eigenvalue weighted by atomic mass is 9.48. The van der Waals surface area contributed by atoms with Gasteiger partial charge in [0.05, 0.1) is 29.2 Å². The van der Waals surface area contributed by atoms with Crippen molar-refractivity contribution in [3.63, 3.8) is 0 Å². The van der Waals surface area contributed by atoms with Crippen LogP contribution in [0.15, 0.2) is 42.6 Å². The molecule has 2 unspecified atom stereocenters. The molecule has 2 atom stereocenters. The van der Waals surface area contributed by atoms with Crippen LogP contribution in [0.4, 0.5) is 13.2 Å². The van der Waals surface area contributed by atoms with Gasteiger partial charge >= 0.3 is 12.1 Å². The van der Waals surface area contributed by atoms with E-state index in [1.54, 1.807) is 12.1 Å². The Morgan fingerprint density at radius 3 is 2.11 bits per heavy atom. The Balaban J connectivity index is 1.29. The van der Waals surface area contributed by atoms with Crippen LogP contribution in [0.1, 0.15) is 57.1 Å². The molecular weight excluding hydrogens is 469 g/mol. The average Bonchev–Trinajstić information content (AvgIpc) is 2.84. The van der Waals surface area contributed by atoms with Gasteiger partial charge in [0.15, 0.2) is 0 Å². The average molecular weight is 501 g/mol. The minimum Gasteiger partial charge on any atom is -0.469 e. The maximum atomic E-state index is 13.5. The molecule has 4 aliphatic rings. The second-order valence-electron chi connectivity index (χ2n) is 11.4. The summed E-state index contributed by atoms with van der Waals surface area (Å²) in [5.74, 6) is 0.919. The van der Waals surface area contributed by atoms with Gasteiger partial charge in [-0.05, 0) is 81.4 Å². The molecule has 4 fully saturated rings. The van der Waals surface area contributed by atoms with Gasteiger partial charge in [-0.2, -0.15) is 13.2 Å². The highest BCUT2D eigenvalue weighted by Gasteiger charge is 2.59. The third-order valence-electron chi connectivity index (χ3n) is 8.75. The van der Waals surface area contributed by atoms with Crippen molar-refractivity contribution in [3.05, 3.63) is 53.7 Å². The normalized spacial score (nSPS) is 29.2. The number of hydrogen-bond acceptors (Lipinski definition) is 4. The second-order valence-corrected chi connectivity index (χ2v) is 11.4. The molecule has 4 aliphatic carbocycles. The summed E-state index contributed by atoms with van der Waals surface area (Å²) in [6, 6.07) is 9.65. The van der Waals surface area contributed by atoms with Crippen LogP contribution in [0, 0.1) is 23.2 Å². The first-order valence-corrected chi connectivity index (χ1v) is 12.5. The van der Waals surface area contributed by atoms with Gasteiger partial charge in [0.1, 0.15) is 0 Å². The first kappa shape index (κ1) is 24.8. The first-order valence-electron chi connectivity index (χ1n) is 12.5. The monoisotopic (exact) mass is 500 g/mol. The predicted octanol–water partition coefficient (Wildman–Crippen LogP) is 5.53. The van der Waals surface area contributed by atoms with Crippen LogP contribution in [0.25, 0.3) is 11.3 Å². The molecule has 1 aromatic heterocycles. The maximum Gasteiger partial charge on any atom is 0.417 e. The van der Waals surface area contributed by atoms with Crippen molar-refractivity contribution < 1.29 is 27.5 Å². The lowest BCUT2D eigenvalue weighted by Crippen LogP contribution is -2.62. The molecular formula is C28H31F3N2O3. The molecule has 192 valence electrons. The summed E-state index contributed by atoms with van der Waals surface area (Å²) in [7, 11) is 1.46. The van der Waals surface area contributed by atoms with E-state index in [2.05, 4.69) is 10.3 Å². The molecule has 0 spiro atoms. The summed E-state index contributed by atoms with van der Waals surface area (Å²) in [4.78, 5) is 30.0. The lowest BCUT2D eigenvalue weighted by molar-refractivity contribution is -0.171. The molecule has 0 saturated heterocycles. The number of carbonyl (C=O) groups excluding carboxylic acids is 2. The van der Waals surface area contributed by atoms with Crippen LogP contribution >= 0.6 is 0 Å². The zero-order chi connectivity index (χ0) is 25.9. The number of aromatic nitrogens is 1. The van der Waals surface area contributed by atoms with Crippen molar-refractivity contribution >= 4 is 11.9 Å². The van der Waals surface area contributed by atoms with Gasteiger partial charge in [0.2, 0.25) is 5.91 Å². The van der Waals surface area contributed by atoms with Crippen molar-refractivity contribution in [3.8, 4) is 11.3 Å². The third-order valence-corrected chi connectivity index (χ3v) is 8.75. The number of pyridine rings is 1. The van der Waals surface area contributed by atoms with Gasteiger partial charge in [-0.1, -0.05) is 24.3 Å². The highest BCUT2D eigenvalue weighted by molar-refractivity contribution is 5.88. The third kappa shape index (κ3) is 4.18. The molecule has 1 N–H and O–H groups in total. The minimum absolute atomic E-state index is 0.0572. The Morgan fingerprint density at radius 1 is 0.972 bits per heavy atom. The summed E-state index contributed by atoms with van der Waals surface area (Å²) >= 11 is 0. The van der Waals surface area contributed by atoms with E-state index in [1.165, 1.54) is 13.2 Å². The Labute approximate surface area is 208 Å². The number of amides is 1. The quantitative estimate of drug-likeness (QED) is 0.549. The SMILES string of the molecule is COC(=O)C12CC3CC(C1)C(NC(=O)C(C)(C)c1ccc(-c4ccc(C(F)(F)F)cn4)cc1)C(C3)C2. The van der Waals surface area contributed by atoms with Crippen LogP contribution in [0.3, 0.4) is 0 Å². The van der Waals surface area contributed by atoms with Crippen LogP contribution in [0.2, 0.25) is 0 Å². The lowest BCUT2D eigenvalue weighted by Gasteiger charge is -2.58. The highest BCUT2D eigenvalue weighted by Crippen LogP contribution is 2.60. The molecule has 0 radical (unpaired) electrons. The van der Waals surface area contributed by atoms with E-state index in [4.69, 9.17) is 4.74 Å². The Kier molecular flexibility index (Phi) is 5.92. The van der Waals surface area contributed by atoms with Crippen molar-refractivity contribution in [1.82, 2.24) is 10.3 Å². The van der Waals surface area contributed by atoms with Gasteiger partial charge in [-0.25, -0.2) is 0 Å². The number of hydrogen-bond donors (Lipinski definition) is 1. The number of nitrogens with one attached hydrogen (secondary N) is 1. The minimum atomic E-state index is -4.43. The Bertz CT molecular complexity index is 1140. The van der Waals surface area contributed by atoms with Crippen LogP contribution < -0.4 is 5.32 Å². The summed E-state index contributed by atoms with van der Waals surface area (Å²) in [5, 5.41) is 3.33. The van der Waals surface area contributed by atoms with E-state index in [1.807, 2.05) is 26.0 Å². The molecule has 6 rings (SSSR count). The zero-order valence-electron chi connectivity index (χ0n) is 20.7. The smallest absolute Gasteiger partial charge is 0.417 e. The van der Waals surface area contributed by atoms with Crippen molar-refractivity contribution in [2.45, 2.75) is 63.6 Å². The second kappa shape index (κ2) is 8.60. The van der Waals surface area contributed by atoms with E-state index >= 15 is 0 Å². The van der Waals surface area contributed by atoms with Crippen molar-refractivity contribution in [1.29, 1.82) is 0 Å². The number of nitrogens with zero attached hydrogens (tertiary/aromatic N) is 1. The van der Waals surface area contributed by atoms with Gasteiger partial charge in [0.25, 0.3) is 0 Å². The maximum absolute atomic E-state index is 13.5. The summed E-state index contributed by atoms with van der Waals surface area (Å²) in [5.41, 5.74) is -0.0541. The zero-order valence-corrected chi connectivity index (χ0v) is 20.7. The molecule has 2 aromatic rings. The fourth-order valence-corrected chi connectivity index (χ4v) is 6.98. The summed E-state index contributed by atoms with van der Waals surface area (Å²) in [6.07, 6.45) is 0.920. The summed E-state index contributed by atoms with van der Waals surface area (Å²) < 4.78 is 43.6. The standard InChI is InChI=1S/C28H31F3N2O3/c1-26(2,20-6-4-17(5-7-20)22-9-8-21(15-32-22)28(29,30)31)24(34)33-23-18-10-16-11-19(23)14-27(12-16,13-18)25(35)36-3/h4-9,15-16,18-19,23H,10-14H2,1-3H3,(H,33,34). The largest absolute Gasteiger partial charge is 0.469 e. The van der Waals surface area contributed by atoms with E-state index < -0.39 is 17.2 Å². The fourth-order valence-electron chi connectivity index (χ4n) is 6.98. The number of rotatable bonds is 5. The predicted molar refractivity (Wildman–Crippen MR) is 128 cm³/mol.